The van der Waals surface area contributed by atoms with Crippen molar-refractivity contribution < 1.29 is 19.2 Å². The van der Waals surface area contributed by atoms with Gasteiger partial charge in [-0.2, -0.15) is 0 Å². The third kappa shape index (κ3) is 1.26. The molecular formula is C8H5NO5. The van der Waals surface area contributed by atoms with Crippen LogP contribution in [0.15, 0.2) is 18.2 Å². The van der Waals surface area contributed by atoms with Crippen molar-refractivity contribution in [2.45, 2.75) is 6.29 Å². The second kappa shape index (κ2) is 2.99. The lowest BCUT2D eigenvalue weighted by atomic mass is 10.3. The van der Waals surface area contributed by atoms with Crippen LogP contribution in [0.3, 0.4) is 0 Å². The van der Waals surface area contributed by atoms with Crippen molar-refractivity contribution in [3.63, 3.8) is 0 Å². The molecule has 0 saturated carbocycles. The van der Waals surface area contributed by atoms with Crippen molar-refractivity contribution in [3.05, 3.63) is 28.3 Å². The van der Waals surface area contributed by atoms with E-state index in [4.69, 9.17) is 9.47 Å². The van der Waals surface area contributed by atoms with E-state index < -0.39 is 11.2 Å². The maximum absolute atomic E-state index is 10.4. The van der Waals surface area contributed by atoms with E-state index in [-0.39, 0.29) is 11.4 Å². The minimum absolute atomic E-state index is 0.0982. The molecule has 1 heterocycles. The van der Waals surface area contributed by atoms with E-state index in [2.05, 4.69) is 0 Å². The smallest absolute Gasteiger partial charge is 0.297 e. The molecule has 1 aliphatic rings. The highest BCUT2D eigenvalue weighted by Crippen LogP contribution is 2.36. The number of carbonyl (C=O) groups excluding carboxylic acids is 1. The molecule has 1 aromatic carbocycles. The predicted octanol–water partition coefficient (Wildman–Crippen LogP) is 0.891. The summed E-state index contributed by atoms with van der Waals surface area (Å²) in [5, 5.41) is 10.4. The summed E-state index contributed by atoms with van der Waals surface area (Å²) in [6.07, 6.45) is -0.516. The Balaban J connectivity index is 2.35. The third-order valence-corrected chi connectivity index (χ3v) is 1.74. The highest BCUT2D eigenvalue weighted by Gasteiger charge is 2.25. The Morgan fingerprint density at radius 3 is 2.71 bits per heavy atom. The fourth-order valence-electron chi connectivity index (χ4n) is 1.13. The van der Waals surface area contributed by atoms with Crippen LogP contribution >= 0.6 is 0 Å². The summed E-state index contributed by atoms with van der Waals surface area (Å²) in [5.41, 5.74) is -0.0982. The van der Waals surface area contributed by atoms with Crippen LogP contribution in [0, 0.1) is 10.1 Å². The van der Waals surface area contributed by atoms with Crippen molar-refractivity contribution in [1.82, 2.24) is 0 Å². The minimum Gasteiger partial charge on any atom is -0.444 e. The highest BCUT2D eigenvalue weighted by atomic mass is 16.7. The monoisotopic (exact) mass is 195 g/mol. The number of aldehydes is 1. The second-order valence-electron chi connectivity index (χ2n) is 2.63. The van der Waals surface area contributed by atoms with Gasteiger partial charge in [-0.1, -0.05) is 0 Å². The lowest BCUT2D eigenvalue weighted by Gasteiger charge is -1.98. The number of benzene rings is 1. The zero-order valence-electron chi connectivity index (χ0n) is 6.88. The van der Waals surface area contributed by atoms with Crippen molar-refractivity contribution in [2.75, 3.05) is 0 Å². The van der Waals surface area contributed by atoms with Crippen LogP contribution in [0.5, 0.6) is 11.5 Å². The molecule has 0 aliphatic carbocycles. The quantitative estimate of drug-likeness (QED) is 0.397. The molecule has 0 saturated heterocycles. The molecule has 1 aliphatic heterocycles. The number of non-ortho nitro benzene ring substituents is 1. The van der Waals surface area contributed by atoms with Gasteiger partial charge in [0.1, 0.15) is 0 Å². The molecule has 0 spiro atoms. The largest absolute Gasteiger partial charge is 0.444 e. The normalized spacial score (nSPS) is 17.9. The average Bonchev–Trinajstić information content (AvgIpc) is 2.58. The van der Waals surface area contributed by atoms with Gasteiger partial charge in [-0.05, 0) is 6.07 Å². The number of carbonyl (C=O) groups is 1. The summed E-state index contributed by atoms with van der Waals surface area (Å²) in [4.78, 5) is 20.2. The van der Waals surface area contributed by atoms with Gasteiger partial charge in [0.25, 0.3) is 12.0 Å². The van der Waals surface area contributed by atoms with Crippen molar-refractivity contribution in [2.24, 2.45) is 0 Å². The van der Waals surface area contributed by atoms with Crippen LogP contribution < -0.4 is 9.47 Å². The average molecular weight is 195 g/mol. The first-order chi connectivity index (χ1) is 6.70. The molecule has 72 valence electrons. The van der Waals surface area contributed by atoms with Crippen LogP contribution in [0.4, 0.5) is 5.69 Å². The van der Waals surface area contributed by atoms with Crippen LogP contribution in [-0.2, 0) is 4.79 Å². The third-order valence-electron chi connectivity index (χ3n) is 1.74. The Hall–Kier alpha value is -2.11. The van der Waals surface area contributed by atoms with Crippen LogP contribution in [0.25, 0.3) is 0 Å². The zero-order valence-corrected chi connectivity index (χ0v) is 6.88. The fourth-order valence-corrected chi connectivity index (χ4v) is 1.13. The van der Waals surface area contributed by atoms with E-state index >= 15 is 0 Å². The molecule has 14 heavy (non-hydrogen) atoms. The number of hydrogen-bond acceptors (Lipinski definition) is 5. The van der Waals surface area contributed by atoms with Gasteiger partial charge in [0.15, 0.2) is 11.5 Å². The van der Waals surface area contributed by atoms with Crippen molar-refractivity contribution >= 4 is 12.0 Å². The summed E-state index contributed by atoms with van der Waals surface area (Å²) in [5.74, 6) is 0.559. The van der Waals surface area contributed by atoms with E-state index in [0.717, 1.165) is 0 Å². The first-order valence-electron chi connectivity index (χ1n) is 3.78. The number of ether oxygens (including phenoxy) is 2. The van der Waals surface area contributed by atoms with E-state index in [1.807, 2.05) is 0 Å². The first-order valence-corrected chi connectivity index (χ1v) is 3.78. The molecule has 6 heteroatoms. The Labute approximate surface area is 78.2 Å². The SMILES string of the molecule is O=CC1Oc2ccc([N+](=O)[O-])cc2O1. The maximum Gasteiger partial charge on any atom is 0.297 e. The number of nitrogens with zero attached hydrogens (tertiary/aromatic N) is 1. The zero-order chi connectivity index (χ0) is 10.1. The summed E-state index contributed by atoms with van der Waals surface area (Å²) < 4.78 is 9.93. The van der Waals surface area contributed by atoms with Crippen LogP contribution in [0.1, 0.15) is 0 Å². The lowest BCUT2D eigenvalue weighted by Crippen LogP contribution is -2.18. The van der Waals surface area contributed by atoms with Crippen molar-refractivity contribution in [1.29, 1.82) is 0 Å². The van der Waals surface area contributed by atoms with Gasteiger partial charge in [0, 0.05) is 6.07 Å². The molecule has 1 aromatic rings. The number of nitro benzene ring substituents is 1. The molecule has 2 rings (SSSR count). The van der Waals surface area contributed by atoms with Gasteiger partial charge in [0.2, 0.25) is 6.29 Å². The summed E-state index contributed by atoms with van der Waals surface area (Å²) >= 11 is 0. The molecule has 0 amide bonds. The Morgan fingerprint density at radius 1 is 1.36 bits per heavy atom. The predicted molar refractivity (Wildman–Crippen MR) is 44.2 cm³/mol. The lowest BCUT2D eigenvalue weighted by molar-refractivity contribution is -0.384. The summed E-state index contributed by atoms with van der Waals surface area (Å²) in [7, 11) is 0. The van der Waals surface area contributed by atoms with E-state index in [0.29, 0.717) is 12.0 Å². The Morgan fingerprint density at radius 2 is 2.07 bits per heavy atom. The highest BCUT2D eigenvalue weighted by molar-refractivity contribution is 5.60. The number of rotatable bonds is 2. The van der Waals surface area contributed by atoms with Gasteiger partial charge < -0.3 is 9.47 Å². The topological polar surface area (TPSA) is 78.7 Å². The van der Waals surface area contributed by atoms with E-state index in [9.17, 15) is 14.9 Å². The summed E-state index contributed by atoms with van der Waals surface area (Å²) in [6, 6.07) is 3.91. The van der Waals surface area contributed by atoms with Crippen LogP contribution in [-0.4, -0.2) is 17.5 Å². The Bertz CT molecular complexity index is 403. The number of fused-ring (bicyclic) bond motifs is 1. The molecule has 6 nitrogen and oxygen atoms in total. The van der Waals surface area contributed by atoms with Gasteiger partial charge in [0.05, 0.1) is 11.0 Å². The van der Waals surface area contributed by atoms with E-state index in [1.54, 1.807) is 0 Å². The molecule has 1 atom stereocenters. The first kappa shape index (κ1) is 8.49. The molecule has 1 unspecified atom stereocenters. The standard InChI is InChI=1S/C8H5NO5/c10-4-8-13-6-2-1-5(9(11)12)3-7(6)14-8/h1-4,8H. The maximum atomic E-state index is 10.4. The molecule has 0 aromatic heterocycles. The number of nitro groups is 1. The number of hydrogen-bond donors (Lipinski definition) is 0. The van der Waals surface area contributed by atoms with E-state index in [1.165, 1.54) is 18.2 Å². The molecular weight excluding hydrogens is 190 g/mol. The van der Waals surface area contributed by atoms with Gasteiger partial charge >= 0.3 is 0 Å². The van der Waals surface area contributed by atoms with Gasteiger partial charge in [-0.25, -0.2) is 0 Å². The Kier molecular flexibility index (Phi) is 1.81. The van der Waals surface area contributed by atoms with Gasteiger partial charge in [-0.3, -0.25) is 14.9 Å². The van der Waals surface area contributed by atoms with Crippen LogP contribution in [0.2, 0.25) is 0 Å². The molecule has 0 fully saturated rings. The molecule has 0 N–H and O–H groups in total. The summed E-state index contributed by atoms with van der Waals surface area (Å²) in [6.45, 7) is 0. The van der Waals surface area contributed by atoms with Crippen molar-refractivity contribution in [3.8, 4) is 11.5 Å². The van der Waals surface area contributed by atoms with Gasteiger partial charge in [-0.15, -0.1) is 0 Å². The molecule has 0 radical (unpaired) electrons. The molecule has 0 bridgehead atoms. The second-order valence-corrected chi connectivity index (χ2v) is 2.63. The minimum atomic E-state index is -0.994. The fraction of sp³-hybridized carbons (Fsp3) is 0.125.